The van der Waals surface area contributed by atoms with E-state index in [0.717, 1.165) is 25.7 Å². The quantitative estimate of drug-likeness (QED) is 0.842. The van der Waals surface area contributed by atoms with Gasteiger partial charge in [0.25, 0.3) is 0 Å². The summed E-state index contributed by atoms with van der Waals surface area (Å²) >= 11 is 0. The predicted octanol–water partition coefficient (Wildman–Crippen LogP) is 1.89. The number of anilines is 1. The maximum absolute atomic E-state index is 13.7. The van der Waals surface area contributed by atoms with Crippen molar-refractivity contribution < 1.29 is 9.50 Å². The first-order chi connectivity index (χ1) is 8.17. The van der Waals surface area contributed by atoms with Crippen LogP contribution < -0.4 is 5.32 Å². The Balaban J connectivity index is 2.04. The van der Waals surface area contributed by atoms with Crippen molar-refractivity contribution in [2.75, 3.05) is 18.5 Å². The second-order valence-electron chi connectivity index (χ2n) is 4.84. The molecule has 4 nitrogen and oxygen atoms in total. The van der Waals surface area contributed by atoms with Crippen molar-refractivity contribution in [1.29, 1.82) is 0 Å². The van der Waals surface area contributed by atoms with Crippen molar-refractivity contribution in [3.8, 4) is 0 Å². The minimum atomic E-state index is -0.404. The molecule has 5 heteroatoms. The van der Waals surface area contributed by atoms with Gasteiger partial charge in [-0.15, -0.1) is 0 Å². The fraction of sp³-hybridized carbons (Fsp3) is 0.667. The Labute approximate surface area is 100 Å². The van der Waals surface area contributed by atoms with Crippen LogP contribution in [0.1, 0.15) is 31.4 Å². The number of hydrogen-bond donors (Lipinski definition) is 2. The van der Waals surface area contributed by atoms with Crippen LogP contribution in [-0.4, -0.2) is 28.2 Å². The topological polar surface area (TPSA) is 58.0 Å². The largest absolute Gasteiger partial charge is 0.396 e. The van der Waals surface area contributed by atoms with Crippen LogP contribution in [0.2, 0.25) is 0 Å². The van der Waals surface area contributed by atoms with Gasteiger partial charge in [0, 0.05) is 12.0 Å². The third-order valence-electron chi connectivity index (χ3n) is 3.59. The van der Waals surface area contributed by atoms with Crippen LogP contribution in [0.5, 0.6) is 0 Å². The van der Waals surface area contributed by atoms with Gasteiger partial charge in [-0.3, -0.25) is 0 Å². The standard InChI is InChI=1S/C12H18FN3O/c1-9-10(13)11(16-8-15-9)14-6-12(7-17)4-2-3-5-12/h8,17H,2-7H2,1H3,(H,14,15,16). The Morgan fingerprint density at radius 3 is 2.76 bits per heavy atom. The molecule has 1 aliphatic carbocycles. The summed E-state index contributed by atoms with van der Waals surface area (Å²) in [4.78, 5) is 7.67. The minimum absolute atomic E-state index is 0.106. The van der Waals surface area contributed by atoms with Gasteiger partial charge in [0.05, 0.1) is 12.3 Å². The molecule has 2 N–H and O–H groups in total. The molecular formula is C12H18FN3O. The van der Waals surface area contributed by atoms with Crippen molar-refractivity contribution in [3.05, 3.63) is 17.8 Å². The monoisotopic (exact) mass is 239 g/mol. The summed E-state index contributed by atoms with van der Waals surface area (Å²) in [5.74, 6) is -0.171. The number of nitrogens with zero attached hydrogens (tertiary/aromatic N) is 2. The predicted molar refractivity (Wildman–Crippen MR) is 63.2 cm³/mol. The maximum Gasteiger partial charge on any atom is 0.186 e. The molecule has 0 amide bonds. The van der Waals surface area contributed by atoms with Gasteiger partial charge in [-0.25, -0.2) is 14.4 Å². The van der Waals surface area contributed by atoms with E-state index in [9.17, 15) is 9.50 Å². The second-order valence-corrected chi connectivity index (χ2v) is 4.84. The Bertz CT molecular complexity index is 391. The van der Waals surface area contributed by atoms with Crippen molar-refractivity contribution in [2.24, 2.45) is 5.41 Å². The van der Waals surface area contributed by atoms with Crippen molar-refractivity contribution >= 4 is 5.82 Å². The summed E-state index contributed by atoms with van der Waals surface area (Å²) < 4.78 is 13.7. The molecule has 2 rings (SSSR count). The van der Waals surface area contributed by atoms with Crippen LogP contribution >= 0.6 is 0 Å². The smallest absolute Gasteiger partial charge is 0.186 e. The average Bonchev–Trinajstić information content (AvgIpc) is 2.81. The summed E-state index contributed by atoms with van der Waals surface area (Å²) in [5, 5.41) is 12.5. The molecule has 0 unspecified atom stereocenters. The molecule has 0 radical (unpaired) electrons. The highest BCUT2D eigenvalue weighted by Crippen LogP contribution is 2.37. The highest BCUT2D eigenvalue weighted by Gasteiger charge is 2.33. The molecule has 0 atom stereocenters. The van der Waals surface area contributed by atoms with Gasteiger partial charge in [0.15, 0.2) is 11.6 Å². The molecule has 1 fully saturated rings. The van der Waals surface area contributed by atoms with Crippen LogP contribution in [0, 0.1) is 18.2 Å². The Morgan fingerprint density at radius 2 is 2.12 bits per heavy atom. The molecule has 1 aromatic rings. The lowest BCUT2D eigenvalue weighted by molar-refractivity contribution is 0.142. The molecule has 0 spiro atoms. The van der Waals surface area contributed by atoms with Gasteiger partial charge in [0.2, 0.25) is 0 Å². The number of aliphatic hydroxyl groups excluding tert-OH is 1. The first-order valence-corrected chi connectivity index (χ1v) is 5.99. The van der Waals surface area contributed by atoms with E-state index in [1.165, 1.54) is 6.33 Å². The zero-order chi connectivity index (χ0) is 12.3. The lowest BCUT2D eigenvalue weighted by Crippen LogP contribution is -2.31. The van der Waals surface area contributed by atoms with Crippen LogP contribution in [-0.2, 0) is 0 Å². The molecule has 94 valence electrons. The van der Waals surface area contributed by atoms with Crippen LogP contribution in [0.25, 0.3) is 0 Å². The highest BCUT2D eigenvalue weighted by atomic mass is 19.1. The van der Waals surface area contributed by atoms with Gasteiger partial charge in [-0.1, -0.05) is 12.8 Å². The van der Waals surface area contributed by atoms with Gasteiger partial charge in [-0.05, 0) is 19.8 Å². The number of halogens is 1. The summed E-state index contributed by atoms with van der Waals surface area (Å²) in [7, 11) is 0. The molecule has 1 aliphatic rings. The summed E-state index contributed by atoms with van der Waals surface area (Å²) in [6.07, 6.45) is 5.59. The van der Waals surface area contributed by atoms with E-state index in [1.54, 1.807) is 6.92 Å². The Morgan fingerprint density at radius 1 is 1.41 bits per heavy atom. The van der Waals surface area contributed by atoms with Crippen molar-refractivity contribution in [2.45, 2.75) is 32.6 Å². The third-order valence-corrected chi connectivity index (χ3v) is 3.59. The zero-order valence-electron chi connectivity index (χ0n) is 10.0. The average molecular weight is 239 g/mol. The third kappa shape index (κ3) is 2.54. The molecule has 1 aromatic heterocycles. The molecule has 17 heavy (non-hydrogen) atoms. The Hall–Kier alpha value is -1.23. The van der Waals surface area contributed by atoms with Crippen LogP contribution in [0.4, 0.5) is 10.2 Å². The van der Waals surface area contributed by atoms with Gasteiger partial charge in [-0.2, -0.15) is 0 Å². The molecular weight excluding hydrogens is 221 g/mol. The number of rotatable bonds is 4. The number of nitrogens with one attached hydrogen (secondary N) is 1. The van der Waals surface area contributed by atoms with Gasteiger partial charge >= 0.3 is 0 Å². The number of aliphatic hydroxyl groups is 1. The van der Waals surface area contributed by atoms with E-state index in [0.29, 0.717) is 12.2 Å². The fourth-order valence-corrected chi connectivity index (χ4v) is 2.37. The number of aromatic nitrogens is 2. The fourth-order valence-electron chi connectivity index (χ4n) is 2.37. The minimum Gasteiger partial charge on any atom is -0.396 e. The maximum atomic E-state index is 13.7. The zero-order valence-corrected chi connectivity index (χ0v) is 10.0. The molecule has 0 aliphatic heterocycles. The summed E-state index contributed by atoms with van der Waals surface area (Å²) in [6, 6.07) is 0. The van der Waals surface area contributed by atoms with Crippen LogP contribution in [0.3, 0.4) is 0 Å². The van der Waals surface area contributed by atoms with E-state index in [2.05, 4.69) is 15.3 Å². The molecule has 1 heterocycles. The van der Waals surface area contributed by atoms with E-state index in [4.69, 9.17) is 0 Å². The van der Waals surface area contributed by atoms with Gasteiger partial charge < -0.3 is 10.4 Å². The first-order valence-electron chi connectivity index (χ1n) is 5.99. The van der Waals surface area contributed by atoms with E-state index < -0.39 is 5.82 Å². The van der Waals surface area contributed by atoms with Crippen molar-refractivity contribution in [1.82, 2.24) is 9.97 Å². The van der Waals surface area contributed by atoms with E-state index >= 15 is 0 Å². The highest BCUT2D eigenvalue weighted by molar-refractivity contribution is 5.37. The molecule has 0 bridgehead atoms. The van der Waals surface area contributed by atoms with E-state index in [-0.39, 0.29) is 17.8 Å². The van der Waals surface area contributed by atoms with Gasteiger partial charge in [0.1, 0.15) is 6.33 Å². The molecule has 1 saturated carbocycles. The van der Waals surface area contributed by atoms with Crippen LogP contribution in [0.15, 0.2) is 6.33 Å². The van der Waals surface area contributed by atoms with E-state index in [1.807, 2.05) is 0 Å². The lowest BCUT2D eigenvalue weighted by atomic mass is 9.87. The Kier molecular flexibility index (Phi) is 3.57. The normalized spacial score (nSPS) is 18.3. The molecule has 0 saturated heterocycles. The van der Waals surface area contributed by atoms with Crippen molar-refractivity contribution in [3.63, 3.8) is 0 Å². The second kappa shape index (κ2) is 4.96. The molecule has 0 aromatic carbocycles. The SMILES string of the molecule is Cc1ncnc(NCC2(CO)CCCC2)c1F. The summed E-state index contributed by atoms with van der Waals surface area (Å²) in [5.41, 5.74) is 0.234. The lowest BCUT2D eigenvalue weighted by Gasteiger charge is -2.26. The number of hydrogen-bond acceptors (Lipinski definition) is 4. The first kappa shape index (κ1) is 12.2. The number of aryl methyl sites for hydroxylation is 1. The summed E-state index contributed by atoms with van der Waals surface area (Å²) in [6.45, 7) is 2.32.